The molecule has 166 valence electrons. The lowest BCUT2D eigenvalue weighted by atomic mass is 10.1. The van der Waals surface area contributed by atoms with Crippen molar-refractivity contribution in [1.29, 1.82) is 0 Å². The van der Waals surface area contributed by atoms with E-state index in [0.717, 1.165) is 25.9 Å². The van der Waals surface area contributed by atoms with Crippen molar-refractivity contribution in [3.05, 3.63) is 64.1 Å². The molecule has 9 heteroatoms. The minimum Gasteiger partial charge on any atom is -0.339 e. The predicted molar refractivity (Wildman–Crippen MR) is 122 cm³/mol. The number of rotatable bonds is 5. The fraction of sp³-hybridized carbons (Fsp3) is 0.409. The van der Waals surface area contributed by atoms with Crippen molar-refractivity contribution in [3.63, 3.8) is 0 Å². The molecular weight excluding hydrogens is 457 g/mol. The maximum atomic E-state index is 13.2. The van der Waals surface area contributed by atoms with E-state index in [9.17, 15) is 13.2 Å². The Morgan fingerprint density at radius 2 is 1.55 bits per heavy atom. The smallest absolute Gasteiger partial charge is 0.246 e. The second-order valence-corrected chi connectivity index (χ2v) is 10.6. The zero-order valence-electron chi connectivity index (χ0n) is 17.1. The van der Waals surface area contributed by atoms with Crippen LogP contribution in [-0.4, -0.2) is 67.2 Å². The van der Waals surface area contributed by atoms with Crippen molar-refractivity contribution in [3.8, 4) is 0 Å². The Balaban J connectivity index is 1.41. The maximum absolute atomic E-state index is 13.2. The van der Waals surface area contributed by atoms with Crippen LogP contribution in [0, 0.1) is 0 Å². The Labute approximate surface area is 193 Å². The molecular formula is C22H25Cl2N3O3S. The lowest BCUT2D eigenvalue weighted by Crippen LogP contribution is -2.54. The molecule has 0 spiro atoms. The zero-order valence-corrected chi connectivity index (χ0v) is 19.4. The molecule has 2 saturated heterocycles. The Hall–Kier alpha value is -1.64. The quantitative estimate of drug-likeness (QED) is 0.655. The van der Waals surface area contributed by atoms with Crippen molar-refractivity contribution in [2.24, 2.45) is 0 Å². The number of amides is 1. The summed E-state index contributed by atoms with van der Waals surface area (Å²) in [7, 11) is -3.82. The molecule has 2 heterocycles. The summed E-state index contributed by atoms with van der Waals surface area (Å²) in [5, 5.41) is 0.210. The van der Waals surface area contributed by atoms with Crippen LogP contribution in [0.1, 0.15) is 18.4 Å². The Morgan fingerprint density at radius 1 is 0.903 bits per heavy atom. The summed E-state index contributed by atoms with van der Waals surface area (Å²) in [6.45, 7) is 2.80. The average molecular weight is 482 g/mol. The van der Waals surface area contributed by atoms with E-state index in [1.165, 1.54) is 22.0 Å². The molecule has 0 aromatic heterocycles. The molecule has 2 aromatic carbocycles. The molecule has 2 aliphatic rings. The number of hydrogen-bond acceptors (Lipinski definition) is 4. The molecule has 1 amide bonds. The molecule has 0 aliphatic carbocycles. The molecule has 1 atom stereocenters. The van der Waals surface area contributed by atoms with Gasteiger partial charge in [0.2, 0.25) is 15.9 Å². The van der Waals surface area contributed by atoms with Gasteiger partial charge < -0.3 is 4.90 Å². The van der Waals surface area contributed by atoms with Gasteiger partial charge in [0.25, 0.3) is 0 Å². The predicted octanol–water partition coefficient (Wildman–Crippen LogP) is 3.49. The number of benzene rings is 2. The highest BCUT2D eigenvalue weighted by Crippen LogP contribution is 2.32. The molecule has 0 bridgehead atoms. The van der Waals surface area contributed by atoms with Crippen molar-refractivity contribution in [1.82, 2.24) is 14.1 Å². The van der Waals surface area contributed by atoms with Crippen molar-refractivity contribution < 1.29 is 13.2 Å². The Kier molecular flexibility index (Phi) is 6.89. The van der Waals surface area contributed by atoms with Gasteiger partial charge >= 0.3 is 0 Å². The number of carbonyl (C=O) groups is 1. The third-order valence-electron chi connectivity index (χ3n) is 5.94. The number of likely N-dealkylation sites (tertiary alicyclic amines) is 1. The Bertz CT molecular complexity index is 1020. The summed E-state index contributed by atoms with van der Waals surface area (Å²) < 4.78 is 27.5. The minimum atomic E-state index is -3.82. The number of sulfonamides is 1. The SMILES string of the molecule is O=C(C1CCCN1Cc1ccccc1)N1CCN(S(=O)(=O)c2c(Cl)cccc2Cl)CC1. The standard InChI is InChI=1S/C22H25Cl2N3O3S/c23-18-8-4-9-19(24)21(18)31(29,30)27-14-12-25(13-15-27)22(28)20-10-5-11-26(20)16-17-6-2-1-3-7-17/h1-4,6-9,20H,5,10-16H2. The highest BCUT2D eigenvalue weighted by Gasteiger charge is 2.37. The molecule has 4 rings (SSSR count). The molecule has 2 aliphatic heterocycles. The first-order valence-electron chi connectivity index (χ1n) is 10.4. The van der Waals surface area contributed by atoms with Gasteiger partial charge in [0, 0.05) is 32.7 Å². The van der Waals surface area contributed by atoms with Gasteiger partial charge in [-0.15, -0.1) is 0 Å². The van der Waals surface area contributed by atoms with Crippen LogP contribution in [0.25, 0.3) is 0 Å². The molecule has 0 N–H and O–H groups in total. The summed E-state index contributed by atoms with van der Waals surface area (Å²) in [4.78, 5) is 17.2. The first-order chi connectivity index (χ1) is 14.9. The van der Waals surface area contributed by atoms with Gasteiger partial charge in [-0.1, -0.05) is 59.6 Å². The molecule has 0 radical (unpaired) electrons. The second-order valence-electron chi connectivity index (χ2n) is 7.89. The maximum Gasteiger partial charge on any atom is 0.246 e. The van der Waals surface area contributed by atoms with Gasteiger partial charge in [-0.2, -0.15) is 4.31 Å². The molecule has 2 fully saturated rings. The Morgan fingerprint density at radius 3 is 2.19 bits per heavy atom. The number of nitrogens with zero attached hydrogens (tertiary/aromatic N) is 3. The number of hydrogen-bond donors (Lipinski definition) is 0. The normalized spacial score (nSPS) is 20.8. The van der Waals surface area contributed by atoms with Crippen molar-refractivity contribution >= 4 is 39.1 Å². The van der Waals surface area contributed by atoms with E-state index in [1.54, 1.807) is 11.0 Å². The third kappa shape index (κ3) is 4.76. The average Bonchev–Trinajstić information content (AvgIpc) is 3.22. The fourth-order valence-corrected chi connectivity index (χ4v) is 6.84. The molecule has 6 nitrogen and oxygen atoms in total. The van der Waals surface area contributed by atoms with E-state index in [4.69, 9.17) is 23.2 Å². The van der Waals surface area contributed by atoms with Crippen LogP contribution in [0.3, 0.4) is 0 Å². The van der Waals surface area contributed by atoms with E-state index in [2.05, 4.69) is 17.0 Å². The molecule has 31 heavy (non-hydrogen) atoms. The van der Waals surface area contributed by atoms with Crippen LogP contribution in [0.5, 0.6) is 0 Å². The summed E-state index contributed by atoms with van der Waals surface area (Å²) in [5.41, 5.74) is 1.19. The van der Waals surface area contributed by atoms with Gasteiger partial charge in [0.15, 0.2) is 0 Å². The van der Waals surface area contributed by atoms with E-state index in [1.807, 2.05) is 18.2 Å². The molecule has 0 saturated carbocycles. The molecule has 2 aromatic rings. The van der Waals surface area contributed by atoms with Gasteiger partial charge in [-0.3, -0.25) is 9.69 Å². The first kappa shape index (κ1) is 22.6. The van der Waals surface area contributed by atoms with Crippen LogP contribution < -0.4 is 0 Å². The van der Waals surface area contributed by atoms with Crippen molar-refractivity contribution in [2.75, 3.05) is 32.7 Å². The number of carbonyl (C=O) groups excluding carboxylic acids is 1. The fourth-order valence-electron chi connectivity index (χ4n) is 4.33. The lowest BCUT2D eigenvalue weighted by molar-refractivity contribution is -0.137. The second kappa shape index (κ2) is 9.46. The topological polar surface area (TPSA) is 60.9 Å². The summed E-state index contributed by atoms with van der Waals surface area (Å²) in [5.74, 6) is 0.0845. The highest BCUT2D eigenvalue weighted by atomic mass is 35.5. The summed E-state index contributed by atoms with van der Waals surface area (Å²) in [6, 6.07) is 14.6. The van der Waals surface area contributed by atoms with E-state index in [-0.39, 0.29) is 40.0 Å². The van der Waals surface area contributed by atoms with Gasteiger partial charge in [-0.05, 0) is 37.1 Å². The third-order valence-corrected chi connectivity index (χ3v) is 8.80. The van der Waals surface area contributed by atoms with Crippen molar-refractivity contribution in [2.45, 2.75) is 30.3 Å². The first-order valence-corrected chi connectivity index (χ1v) is 12.6. The molecule has 1 unspecified atom stereocenters. The minimum absolute atomic E-state index is 0.0667. The van der Waals surface area contributed by atoms with E-state index >= 15 is 0 Å². The van der Waals surface area contributed by atoms with Gasteiger partial charge in [0.05, 0.1) is 16.1 Å². The van der Waals surface area contributed by atoms with E-state index < -0.39 is 10.0 Å². The van der Waals surface area contributed by atoms with Crippen LogP contribution >= 0.6 is 23.2 Å². The highest BCUT2D eigenvalue weighted by molar-refractivity contribution is 7.89. The zero-order chi connectivity index (χ0) is 22.0. The largest absolute Gasteiger partial charge is 0.339 e. The van der Waals surface area contributed by atoms with Crippen LogP contribution in [-0.2, 0) is 21.4 Å². The van der Waals surface area contributed by atoms with E-state index in [0.29, 0.717) is 13.1 Å². The van der Waals surface area contributed by atoms with Gasteiger partial charge in [0.1, 0.15) is 4.90 Å². The number of piperazine rings is 1. The van der Waals surface area contributed by atoms with Crippen LogP contribution in [0.15, 0.2) is 53.4 Å². The number of halogens is 2. The monoisotopic (exact) mass is 481 g/mol. The lowest BCUT2D eigenvalue weighted by Gasteiger charge is -2.37. The van der Waals surface area contributed by atoms with Gasteiger partial charge in [-0.25, -0.2) is 8.42 Å². The summed E-state index contributed by atoms with van der Waals surface area (Å²) >= 11 is 12.2. The summed E-state index contributed by atoms with van der Waals surface area (Å²) in [6.07, 6.45) is 1.82. The van der Waals surface area contributed by atoms with Crippen LogP contribution in [0.2, 0.25) is 10.0 Å². The van der Waals surface area contributed by atoms with Crippen LogP contribution in [0.4, 0.5) is 0 Å².